The average molecular weight is 383 g/mol. The minimum atomic E-state index is -0.234. The highest BCUT2D eigenvalue weighted by Crippen LogP contribution is 2.10. The van der Waals surface area contributed by atoms with E-state index >= 15 is 0 Å². The van der Waals surface area contributed by atoms with Gasteiger partial charge < -0.3 is 9.47 Å². The number of esters is 2. The van der Waals surface area contributed by atoms with E-state index in [0.29, 0.717) is 26.1 Å². The molecule has 0 heterocycles. The fraction of sp³-hybridized carbons (Fsp3) is 0.826. The van der Waals surface area contributed by atoms with Crippen molar-refractivity contribution in [3.63, 3.8) is 0 Å². The number of hydrogen-bond donors (Lipinski definition) is 0. The summed E-state index contributed by atoms with van der Waals surface area (Å²) in [6, 6.07) is 0. The topological polar surface area (TPSA) is 52.6 Å². The highest BCUT2D eigenvalue weighted by Gasteiger charge is 2.07. The number of unbranched alkanes of at least 4 members (excludes halogenated alkanes) is 9. The van der Waals surface area contributed by atoms with Gasteiger partial charge in [-0.25, -0.2) is 0 Å². The van der Waals surface area contributed by atoms with Crippen LogP contribution in [0.25, 0.3) is 0 Å². The molecule has 0 aliphatic rings. The zero-order chi connectivity index (χ0) is 20.0. The Kier molecular flexibility index (Phi) is 20.0. The summed E-state index contributed by atoms with van der Waals surface area (Å²) in [6.07, 6.45) is 19.6. The summed E-state index contributed by atoms with van der Waals surface area (Å²) in [5.74, 6) is -0.438. The molecule has 0 bridgehead atoms. The first-order valence-electron chi connectivity index (χ1n) is 11.2. The quantitative estimate of drug-likeness (QED) is 0.145. The van der Waals surface area contributed by atoms with Crippen molar-refractivity contribution in [3.05, 3.63) is 12.2 Å². The van der Waals surface area contributed by atoms with Gasteiger partial charge in [-0.15, -0.1) is 0 Å². The molecule has 4 nitrogen and oxygen atoms in total. The molecule has 0 aliphatic heterocycles. The van der Waals surface area contributed by atoms with Gasteiger partial charge in [0.15, 0.2) is 0 Å². The SMILES string of the molecule is CC/C=C/CCOC(=O)CCCC(=O)OCCCCCCCCCCCC. The van der Waals surface area contributed by atoms with Crippen LogP contribution in [0.3, 0.4) is 0 Å². The molecule has 4 heteroatoms. The van der Waals surface area contributed by atoms with Gasteiger partial charge in [0.05, 0.1) is 13.2 Å². The molecule has 0 unspecified atom stereocenters. The van der Waals surface area contributed by atoms with E-state index in [4.69, 9.17) is 9.47 Å². The first-order chi connectivity index (χ1) is 13.2. The maximum absolute atomic E-state index is 11.6. The summed E-state index contributed by atoms with van der Waals surface area (Å²) in [7, 11) is 0. The largest absolute Gasteiger partial charge is 0.466 e. The standard InChI is InChI=1S/C23H42O4/c1-3-5-7-9-10-11-12-13-14-16-21-27-23(25)19-17-18-22(24)26-20-15-8-6-4-2/h6,8H,3-5,7,9-21H2,1-2H3/b8-6+. The molecule has 27 heavy (non-hydrogen) atoms. The Labute approximate surface area is 167 Å². The fourth-order valence-electron chi connectivity index (χ4n) is 2.82. The second-order valence-corrected chi connectivity index (χ2v) is 7.14. The van der Waals surface area contributed by atoms with Crippen molar-refractivity contribution in [2.75, 3.05) is 13.2 Å². The minimum absolute atomic E-state index is 0.204. The monoisotopic (exact) mass is 382 g/mol. The summed E-state index contributed by atoms with van der Waals surface area (Å²) >= 11 is 0. The van der Waals surface area contributed by atoms with Gasteiger partial charge in [0, 0.05) is 12.8 Å². The molecule has 158 valence electrons. The summed E-state index contributed by atoms with van der Waals surface area (Å²) in [4.78, 5) is 23.2. The van der Waals surface area contributed by atoms with E-state index in [2.05, 4.69) is 19.9 Å². The van der Waals surface area contributed by atoms with Crippen LogP contribution in [0, 0.1) is 0 Å². The van der Waals surface area contributed by atoms with E-state index in [0.717, 1.165) is 25.7 Å². The Morgan fingerprint density at radius 2 is 1.15 bits per heavy atom. The van der Waals surface area contributed by atoms with Gasteiger partial charge in [-0.2, -0.15) is 0 Å². The van der Waals surface area contributed by atoms with Crippen molar-refractivity contribution in [2.24, 2.45) is 0 Å². The Bertz CT molecular complexity index is 377. The van der Waals surface area contributed by atoms with Crippen LogP contribution in [0.2, 0.25) is 0 Å². The lowest BCUT2D eigenvalue weighted by molar-refractivity contribution is -0.145. The van der Waals surface area contributed by atoms with Crippen LogP contribution < -0.4 is 0 Å². The molecule has 0 fully saturated rings. The zero-order valence-corrected chi connectivity index (χ0v) is 17.8. The third-order valence-electron chi connectivity index (χ3n) is 4.47. The van der Waals surface area contributed by atoms with Crippen LogP contribution in [0.4, 0.5) is 0 Å². The summed E-state index contributed by atoms with van der Waals surface area (Å²) < 4.78 is 10.3. The average Bonchev–Trinajstić information content (AvgIpc) is 2.66. The van der Waals surface area contributed by atoms with Crippen LogP contribution in [0.1, 0.15) is 110 Å². The van der Waals surface area contributed by atoms with Crippen LogP contribution in [-0.4, -0.2) is 25.2 Å². The molecule has 0 saturated heterocycles. The molecule has 0 spiro atoms. The second-order valence-electron chi connectivity index (χ2n) is 7.14. The highest BCUT2D eigenvalue weighted by atomic mass is 16.5. The molecule has 0 radical (unpaired) electrons. The van der Waals surface area contributed by atoms with Crippen molar-refractivity contribution in [1.82, 2.24) is 0 Å². The van der Waals surface area contributed by atoms with Gasteiger partial charge in [0.1, 0.15) is 0 Å². The van der Waals surface area contributed by atoms with Gasteiger partial charge in [-0.1, -0.05) is 83.8 Å². The minimum Gasteiger partial charge on any atom is -0.466 e. The van der Waals surface area contributed by atoms with Crippen molar-refractivity contribution >= 4 is 11.9 Å². The van der Waals surface area contributed by atoms with Crippen LogP contribution in [-0.2, 0) is 19.1 Å². The molecular formula is C23H42O4. The molecule has 0 aromatic carbocycles. The Morgan fingerprint density at radius 1 is 0.630 bits per heavy atom. The van der Waals surface area contributed by atoms with E-state index in [1.165, 1.54) is 51.4 Å². The van der Waals surface area contributed by atoms with Gasteiger partial charge in [-0.05, 0) is 25.7 Å². The van der Waals surface area contributed by atoms with E-state index in [-0.39, 0.29) is 18.4 Å². The second kappa shape index (κ2) is 21.0. The Hall–Kier alpha value is -1.32. The van der Waals surface area contributed by atoms with Gasteiger partial charge in [0.25, 0.3) is 0 Å². The molecule has 0 N–H and O–H groups in total. The predicted molar refractivity (Wildman–Crippen MR) is 112 cm³/mol. The zero-order valence-electron chi connectivity index (χ0n) is 17.8. The van der Waals surface area contributed by atoms with Crippen LogP contribution in [0.15, 0.2) is 12.2 Å². The Balaban J connectivity index is 3.32. The Morgan fingerprint density at radius 3 is 1.70 bits per heavy atom. The maximum Gasteiger partial charge on any atom is 0.305 e. The molecule has 0 amide bonds. The van der Waals surface area contributed by atoms with Crippen molar-refractivity contribution in [3.8, 4) is 0 Å². The van der Waals surface area contributed by atoms with Crippen molar-refractivity contribution in [2.45, 2.75) is 110 Å². The lowest BCUT2D eigenvalue weighted by atomic mass is 10.1. The number of carbonyl (C=O) groups excluding carboxylic acids is 2. The molecule has 0 aromatic heterocycles. The number of allylic oxidation sites excluding steroid dienone is 1. The normalized spacial score (nSPS) is 11.0. The highest BCUT2D eigenvalue weighted by molar-refractivity contribution is 5.72. The lowest BCUT2D eigenvalue weighted by Crippen LogP contribution is -2.09. The van der Waals surface area contributed by atoms with Gasteiger partial charge >= 0.3 is 11.9 Å². The molecule has 0 aromatic rings. The van der Waals surface area contributed by atoms with E-state index in [1.54, 1.807) is 0 Å². The third-order valence-corrected chi connectivity index (χ3v) is 4.47. The first kappa shape index (κ1) is 25.7. The van der Waals surface area contributed by atoms with Gasteiger partial charge in [-0.3, -0.25) is 9.59 Å². The van der Waals surface area contributed by atoms with Crippen molar-refractivity contribution < 1.29 is 19.1 Å². The smallest absolute Gasteiger partial charge is 0.305 e. The summed E-state index contributed by atoms with van der Waals surface area (Å²) in [6.45, 7) is 5.23. The van der Waals surface area contributed by atoms with Crippen LogP contribution in [0.5, 0.6) is 0 Å². The summed E-state index contributed by atoms with van der Waals surface area (Å²) in [5, 5.41) is 0. The van der Waals surface area contributed by atoms with E-state index in [1.807, 2.05) is 6.08 Å². The van der Waals surface area contributed by atoms with E-state index < -0.39 is 0 Å². The predicted octanol–water partition coefficient (Wildman–Crippen LogP) is 6.52. The molecule has 0 rings (SSSR count). The van der Waals surface area contributed by atoms with Crippen molar-refractivity contribution in [1.29, 1.82) is 0 Å². The lowest BCUT2D eigenvalue weighted by Gasteiger charge is -2.06. The number of carbonyl (C=O) groups is 2. The molecule has 0 saturated carbocycles. The first-order valence-corrected chi connectivity index (χ1v) is 11.2. The number of rotatable bonds is 19. The van der Waals surface area contributed by atoms with Gasteiger partial charge in [0.2, 0.25) is 0 Å². The molecule has 0 aliphatic carbocycles. The van der Waals surface area contributed by atoms with Crippen LogP contribution >= 0.6 is 0 Å². The number of ether oxygens (including phenoxy) is 2. The fourth-order valence-corrected chi connectivity index (χ4v) is 2.82. The summed E-state index contributed by atoms with van der Waals surface area (Å²) in [5.41, 5.74) is 0. The molecular weight excluding hydrogens is 340 g/mol. The maximum atomic E-state index is 11.6. The van der Waals surface area contributed by atoms with E-state index in [9.17, 15) is 9.59 Å². The molecule has 0 atom stereocenters. The third kappa shape index (κ3) is 20.8. The number of hydrogen-bond acceptors (Lipinski definition) is 4.